The van der Waals surface area contributed by atoms with Gasteiger partial charge in [-0.25, -0.2) is 13.1 Å². The van der Waals surface area contributed by atoms with Gasteiger partial charge < -0.3 is 9.32 Å². The molecule has 0 fully saturated rings. The van der Waals surface area contributed by atoms with Gasteiger partial charge in [-0.3, -0.25) is 10.1 Å². The maximum atomic E-state index is 12.1. The van der Waals surface area contributed by atoms with E-state index >= 15 is 0 Å². The van der Waals surface area contributed by atoms with Gasteiger partial charge in [-0.1, -0.05) is 0 Å². The van der Waals surface area contributed by atoms with E-state index in [1.165, 1.54) is 13.1 Å². The molecule has 0 aliphatic heterocycles. The number of nitrogens with one attached hydrogen (secondary N) is 2. The van der Waals surface area contributed by atoms with Gasteiger partial charge in [0, 0.05) is 13.1 Å². The molecule has 7 nitrogen and oxygen atoms in total. The molecule has 0 saturated heterocycles. The first-order chi connectivity index (χ1) is 9.85. The smallest absolute Gasteiger partial charge is 0.273 e. The van der Waals surface area contributed by atoms with Crippen LogP contribution in [0.4, 0.5) is 0 Å². The lowest BCUT2D eigenvalue weighted by molar-refractivity contribution is -0.132. The predicted octanol–water partition coefficient (Wildman–Crippen LogP) is 0.534. The second-order valence-corrected chi connectivity index (χ2v) is 6.36. The van der Waals surface area contributed by atoms with Gasteiger partial charge in [-0.05, 0) is 40.0 Å². The summed E-state index contributed by atoms with van der Waals surface area (Å²) >= 11 is 0. The van der Waals surface area contributed by atoms with E-state index in [0.29, 0.717) is 18.8 Å². The Hall–Kier alpha value is -1.38. The number of carbonyl (C=O) groups excluding carboxylic acids is 1. The summed E-state index contributed by atoms with van der Waals surface area (Å²) in [5.74, 6) is 0.470. The maximum absolute atomic E-state index is 12.1. The van der Waals surface area contributed by atoms with Crippen LogP contribution in [0.3, 0.4) is 0 Å². The quantitative estimate of drug-likeness (QED) is 0.730. The summed E-state index contributed by atoms with van der Waals surface area (Å²) in [5, 5.41) is 2.90. The number of amides is 1. The summed E-state index contributed by atoms with van der Waals surface area (Å²) in [6, 6.07) is 2.60. The first-order valence-electron chi connectivity index (χ1n) is 6.90. The van der Waals surface area contributed by atoms with Crippen LogP contribution in [0.25, 0.3) is 0 Å². The monoisotopic (exact) mass is 317 g/mol. The molecule has 0 aliphatic rings. The number of furan rings is 1. The zero-order chi connectivity index (χ0) is 16.0. The van der Waals surface area contributed by atoms with Crippen LogP contribution in [0.5, 0.6) is 0 Å². The highest BCUT2D eigenvalue weighted by atomic mass is 32.2. The summed E-state index contributed by atoms with van der Waals surface area (Å²) in [6.45, 7) is 7.23. The van der Waals surface area contributed by atoms with Crippen molar-refractivity contribution in [1.29, 1.82) is 0 Å². The van der Waals surface area contributed by atoms with Crippen LogP contribution in [-0.2, 0) is 21.4 Å². The number of hydrogen-bond acceptors (Lipinski definition) is 5. The fourth-order valence-corrected chi connectivity index (χ4v) is 2.51. The number of nitrogens with zero attached hydrogens (tertiary/aromatic N) is 1. The lowest BCUT2D eigenvalue weighted by Gasteiger charge is -2.23. The van der Waals surface area contributed by atoms with Gasteiger partial charge in [-0.2, -0.15) is 0 Å². The van der Waals surface area contributed by atoms with E-state index in [1.54, 1.807) is 17.9 Å². The van der Waals surface area contributed by atoms with E-state index in [2.05, 4.69) is 10.0 Å². The van der Waals surface area contributed by atoms with Crippen LogP contribution in [-0.4, -0.2) is 45.4 Å². The van der Waals surface area contributed by atoms with Gasteiger partial charge in [0.15, 0.2) is 0 Å². The molecule has 120 valence electrons. The van der Waals surface area contributed by atoms with Crippen molar-refractivity contribution in [3.05, 3.63) is 17.9 Å². The molecule has 0 saturated carbocycles. The van der Waals surface area contributed by atoms with E-state index in [4.69, 9.17) is 4.42 Å². The van der Waals surface area contributed by atoms with Crippen LogP contribution < -0.4 is 10.0 Å². The van der Waals surface area contributed by atoms with Crippen LogP contribution in [0.2, 0.25) is 0 Å². The lowest BCUT2D eigenvalue weighted by atomic mass is 10.2. The topological polar surface area (TPSA) is 91.7 Å². The minimum Gasteiger partial charge on any atom is -0.447 e. The predicted molar refractivity (Wildman–Crippen MR) is 79.2 cm³/mol. The minimum atomic E-state index is -3.57. The Labute approximate surface area is 125 Å². The molecule has 1 atom stereocenters. The number of carbonyl (C=O) groups is 1. The second kappa shape index (κ2) is 7.58. The number of hydrogen-bond donors (Lipinski definition) is 2. The highest BCUT2D eigenvalue weighted by Gasteiger charge is 2.19. The van der Waals surface area contributed by atoms with E-state index < -0.39 is 10.0 Å². The summed E-state index contributed by atoms with van der Waals surface area (Å²) < 4.78 is 30.5. The van der Waals surface area contributed by atoms with Gasteiger partial charge in [0.05, 0.1) is 12.6 Å². The van der Waals surface area contributed by atoms with E-state index in [-0.39, 0.29) is 23.6 Å². The third kappa shape index (κ3) is 4.55. The van der Waals surface area contributed by atoms with Crippen LogP contribution in [0, 0.1) is 0 Å². The molecule has 2 N–H and O–H groups in total. The molecule has 21 heavy (non-hydrogen) atoms. The molecule has 1 rings (SSSR count). The van der Waals surface area contributed by atoms with Gasteiger partial charge >= 0.3 is 0 Å². The Kier molecular flexibility index (Phi) is 6.38. The van der Waals surface area contributed by atoms with Crippen LogP contribution in [0.15, 0.2) is 21.6 Å². The van der Waals surface area contributed by atoms with Crippen molar-refractivity contribution in [2.75, 3.05) is 20.1 Å². The first-order valence-corrected chi connectivity index (χ1v) is 8.38. The largest absolute Gasteiger partial charge is 0.447 e. The normalized spacial score (nSPS) is 13.1. The molecular weight excluding hydrogens is 294 g/mol. The Bertz CT molecular complexity index is 564. The lowest BCUT2D eigenvalue weighted by Crippen LogP contribution is -2.44. The molecular formula is C13H23N3O4S. The molecule has 0 spiro atoms. The molecule has 0 aliphatic carbocycles. The van der Waals surface area contributed by atoms with Crippen LogP contribution >= 0.6 is 0 Å². The summed E-state index contributed by atoms with van der Waals surface area (Å²) in [5.41, 5.74) is 0. The first kappa shape index (κ1) is 17.7. The highest BCUT2D eigenvalue weighted by molar-refractivity contribution is 7.89. The Morgan fingerprint density at radius 2 is 1.95 bits per heavy atom. The molecule has 1 amide bonds. The number of likely N-dealkylation sites (N-methyl/N-ethyl adjacent to an activating group) is 1. The fourth-order valence-electron chi connectivity index (χ4n) is 1.85. The molecule has 1 heterocycles. The van der Waals surface area contributed by atoms with Crippen molar-refractivity contribution in [2.24, 2.45) is 0 Å². The van der Waals surface area contributed by atoms with Crippen molar-refractivity contribution in [1.82, 2.24) is 14.9 Å². The maximum Gasteiger partial charge on any atom is 0.273 e. The van der Waals surface area contributed by atoms with E-state index in [0.717, 1.165) is 0 Å². The van der Waals surface area contributed by atoms with E-state index in [9.17, 15) is 13.2 Å². The molecule has 1 aromatic rings. The van der Waals surface area contributed by atoms with Gasteiger partial charge in [0.1, 0.15) is 5.76 Å². The summed E-state index contributed by atoms with van der Waals surface area (Å²) in [6.07, 6.45) is 0. The zero-order valence-corrected chi connectivity index (χ0v) is 13.7. The Balaban J connectivity index is 2.62. The molecule has 8 heteroatoms. The molecule has 1 unspecified atom stereocenters. The SMILES string of the molecule is CCN(CC)C(=O)C(C)NCc1ccc(S(=O)(=O)NC)o1. The minimum absolute atomic E-state index is 0.00891. The standard InChI is InChI=1S/C13H23N3O4S/c1-5-16(6-2)13(17)10(3)15-9-11-7-8-12(20-11)21(18,19)14-4/h7-8,10,14-15H,5-6,9H2,1-4H3. The molecule has 0 radical (unpaired) electrons. The Morgan fingerprint density at radius 1 is 1.33 bits per heavy atom. The second-order valence-electron chi connectivity index (χ2n) is 4.54. The number of rotatable bonds is 8. The third-order valence-corrected chi connectivity index (χ3v) is 4.49. The van der Waals surface area contributed by atoms with Gasteiger partial charge in [-0.15, -0.1) is 0 Å². The average Bonchev–Trinajstić information content (AvgIpc) is 2.95. The molecule has 0 aromatic carbocycles. The van der Waals surface area contributed by atoms with Gasteiger partial charge in [0.2, 0.25) is 11.0 Å². The van der Waals surface area contributed by atoms with Gasteiger partial charge in [0.25, 0.3) is 10.0 Å². The summed E-state index contributed by atoms with van der Waals surface area (Å²) in [4.78, 5) is 13.8. The zero-order valence-electron chi connectivity index (χ0n) is 12.8. The molecule has 1 aromatic heterocycles. The van der Waals surface area contributed by atoms with E-state index in [1.807, 2.05) is 13.8 Å². The highest BCUT2D eigenvalue weighted by Crippen LogP contribution is 2.13. The number of sulfonamides is 1. The fraction of sp³-hybridized carbons (Fsp3) is 0.615. The van der Waals surface area contributed by atoms with Crippen molar-refractivity contribution < 1.29 is 17.6 Å². The average molecular weight is 317 g/mol. The van der Waals surface area contributed by atoms with Crippen molar-refractivity contribution >= 4 is 15.9 Å². The van der Waals surface area contributed by atoms with Crippen molar-refractivity contribution in [3.63, 3.8) is 0 Å². The Morgan fingerprint density at radius 3 is 2.48 bits per heavy atom. The molecule has 0 bridgehead atoms. The van der Waals surface area contributed by atoms with Crippen LogP contribution in [0.1, 0.15) is 26.5 Å². The third-order valence-electron chi connectivity index (χ3n) is 3.20. The van der Waals surface area contributed by atoms with Crippen molar-refractivity contribution in [3.8, 4) is 0 Å². The summed E-state index contributed by atoms with van der Waals surface area (Å²) in [7, 11) is -2.25. The van der Waals surface area contributed by atoms with Crippen molar-refractivity contribution in [2.45, 2.75) is 38.5 Å².